The SMILES string of the molecule is CN1CCCn2c1nc1cc(OCc3ccccc3)ccc12. The van der Waals surface area contributed by atoms with Gasteiger partial charge in [0.25, 0.3) is 0 Å². The van der Waals surface area contributed by atoms with E-state index in [9.17, 15) is 0 Å². The van der Waals surface area contributed by atoms with Crippen LogP contribution in [0, 0.1) is 0 Å². The summed E-state index contributed by atoms with van der Waals surface area (Å²) in [6.07, 6.45) is 1.17. The van der Waals surface area contributed by atoms with Gasteiger partial charge in [-0.2, -0.15) is 0 Å². The Labute approximate surface area is 130 Å². The number of rotatable bonds is 3. The van der Waals surface area contributed by atoms with Gasteiger partial charge in [0.05, 0.1) is 11.0 Å². The molecule has 112 valence electrons. The molecule has 4 rings (SSSR count). The van der Waals surface area contributed by atoms with Gasteiger partial charge in [-0.3, -0.25) is 0 Å². The van der Waals surface area contributed by atoms with E-state index >= 15 is 0 Å². The number of hydrogen-bond acceptors (Lipinski definition) is 3. The number of ether oxygens (including phenoxy) is 1. The molecule has 0 saturated heterocycles. The van der Waals surface area contributed by atoms with Crippen LogP contribution in [0.4, 0.5) is 5.95 Å². The van der Waals surface area contributed by atoms with E-state index in [0.29, 0.717) is 6.61 Å². The van der Waals surface area contributed by atoms with Crippen LogP contribution in [0.5, 0.6) is 5.75 Å². The minimum atomic E-state index is 0.583. The second-order valence-corrected chi connectivity index (χ2v) is 5.76. The van der Waals surface area contributed by atoms with Crippen LogP contribution in [-0.4, -0.2) is 23.1 Å². The molecule has 3 aromatic rings. The summed E-state index contributed by atoms with van der Waals surface area (Å²) in [5.41, 5.74) is 3.37. The molecule has 0 aliphatic carbocycles. The van der Waals surface area contributed by atoms with Gasteiger partial charge in [0.15, 0.2) is 0 Å². The van der Waals surface area contributed by atoms with Crippen LogP contribution in [0.15, 0.2) is 48.5 Å². The fraction of sp³-hybridized carbons (Fsp3) is 0.278. The van der Waals surface area contributed by atoms with E-state index in [0.717, 1.165) is 30.3 Å². The monoisotopic (exact) mass is 293 g/mol. The second-order valence-electron chi connectivity index (χ2n) is 5.76. The molecule has 0 fully saturated rings. The highest BCUT2D eigenvalue weighted by molar-refractivity contribution is 5.80. The van der Waals surface area contributed by atoms with Crippen molar-refractivity contribution in [1.29, 1.82) is 0 Å². The van der Waals surface area contributed by atoms with Gasteiger partial charge in [-0.05, 0) is 24.1 Å². The maximum atomic E-state index is 5.90. The number of aryl methyl sites for hydroxylation is 1. The highest BCUT2D eigenvalue weighted by Crippen LogP contribution is 2.28. The number of anilines is 1. The molecule has 4 heteroatoms. The maximum Gasteiger partial charge on any atom is 0.206 e. The van der Waals surface area contributed by atoms with Gasteiger partial charge in [-0.1, -0.05) is 30.3 Å². The zero-order valence-electron chi connectivity index (χ0n) is 12.7. The first-order valence-electron chi connectivity index (χ1n) is 7.69. The maximum absolute atomic E-state index is 5.90. The van der Waals surface area contributed by atoms with Crippen molar-refractivity contribution in [2.24, 2.45) is 0 Å². The summed E-state index contributed by atoms with van der Waals surface area (Å²) in [5, 5.41) is 0. The van der Waals surface area contributed by atoms with E-state index in [1.54, 1.807) is 0 Å². The molecule has 0 amide bonds. The third-order valence-electron chi connectivity index (χ3n) is 4.16. The van der Waals surface area contributed by atoms with E-state index in [2.05, 4.69) is 34.7 Å². The number of aromatic nitrogens is 2. The Morgan fingerprint density at radius 2 is 1.95 bits per heavy atom. The van der Waals surface area contributed by atoms with E-state index in [4.69, 9.17) is 9.72 Å². The van der Waals surface area contributed by atoms with E-state index in [1.165, 1.54) is 17.5 Å². The molecule has 0 saturated carbocycles. The van der Waals surface area contributed by atoms with Crippen molar-refractivity contribution in [2.45, 2.75) is 19.6 Å². The summed E-state index contributed by atoms with van der Waals surface area (Å²) in [6.45, 7) is 2.70. The first-order chi connectivity index (χ1) is 10.8. The Morgan fingerprint density at radius 1 is 1.09 bits per heavy atom. The number of fused-ring (bicyclic) bond motifs is 3. The third-order valence-corrected chi connectivity index (χ3v) is 4.16. The molecule has 1 aliphatic heterocycles. The van der Waals surface area contributed by atoms with Gasteiger partial charge in [-0.15, -0.1) is 0 Å². The summed E-state index contributed by atoms with van der Waals surface area (Å²) >= 11 is 0. The zero-order chi connectivity index (χ0) is 14.9. The standard InChI is InChI=1S/C18H19N3O/c1-20-10-5-11-21-17-9-8-15(12-16(17)19-18(20)21)22-13-14-6-3-2-4-7-14/h2-4,6-9,12H,5,10-11,13H2,1H3. The molecular formula is C18H19N3O. The normalized spacial score (nSPS) is 14.1. The zero-order valence-corrected chi connectivity index (χ0v) is 12.7. The van der Waals surface area contributed by atoms with E-state index in [1.807, 2.05) is 30.3 Å². The fourth-order valence-electron chi connectivity index (χ4n) is 3.01. The van der Waals surface area contributed by atoms with E-state index < -0.39 is 0 Å². The highest BCUT2D eigenvalue weighted by atomic mass is 16.5. The summed E-state index contributed by atoms with van der Waals surface area (Å²) in [4.78, 5) is 6.98. The van der Waals surface area contributed by atoms with Crippen LogP contribution in [0.2, 0.25) is 0 Å². The lowest BCUT2D eigenvalue weighted by atomic mass is 10.2. The number of benzene rings is 2. The molecule has 0 unspecified atom stereocenters. The summed E-state index contributed by atoms with van der Waals surface area (Å²) in [7, 11) is 2.10. The van der Waals surface area contributed by atoms with Crippen LogP contribution < -0.4 is 9.64 Å². The smallest absolute Gasteiger partial charge is 0.206 e. The Morgan fingerprint density at radius 3 is 2.82 bits per heavy atom. The second kappa shape index (κ2) is 5.37. The van der Waals surface area contributed by atoms with Gasteiger partial charge < -0.3 is 14.2 Å². The van der Waals surface area contributed by atoms with E-state index in [-0.39, 0.29) is 0 Å². The lowest BCUT2D eigenvalue weighted by molar-refractivity contribution is 0.306. The molecule has 2 heterocycles. The van der Waals surface area contributed by atoms with Crippen molar-refractivity contribution in [3.8, 4) is 5.75 Å². The van der Waals surface area contributed by atoms with Crippen LogP contribution >= 0.6 is 0 Å². The minimum absolute atomic E-state index is 0.583. The molecule has 4 nitrogen and oxygen atoms in total. The van der Waals surface area contributed by atoms with Crippen molar-refractivity contribution in [3.63, 3.8) is 0 Å². The average molecular weight is 293 g/mol. The minimum Gasteiger partial charge on any atom is -0.489 e. The van der Waals surface area contributed by atoms with Crippen molar-refractivity contribution >= 4 is 17.0 Å². The van der Waals surface area contributed by atoms with Gasteiger partial charge in [0, 0.05) is 26.2 Å². The molecule has 2 aromatic carbocycles. The Bertz CT molecular complexity index is 795. The molecule has 0 N–H and O–H groups in total. The molecule has 0 bridgehead atoms. The largest absolute Gasteiger partial charge is 0.489 e. The van der Waals surface area contributed by atoms with Crippen molar-refractivity contribution < 1.29 is 4.74 Å². The van der Waals surface area contributed by atoms with Crippen LogP contribution in [0.1, 0.15) is 12.0 Å². The first-order valence-corrected chi connectivity index (χ1v) is 7.69. The molecule has 1 aromatic heterocycles. The third kappa shape index (κ3) is 2.30. The van der Waals surface area contributed by atoms with Gasteiger partial charge in [0.2, 0.25) is 5.95 Å². The molecule has 22 heavy (non-hydrogen) atoms. The number of nitrogens with zero attached hydrogens (tertiary/aromatic N) is 3. The topological polar surface area (TPSA) is 30.3 Å². The fourth-order valence-corrected chi connectivity index (χ4v) is 3.01. The summed E-state index contributed by atoms with van der Waals surface area (Å²) < 4.78 is 8.19. The molecule has 0 spiro atoms. The Balaban J connectivity index is 1.61. The summed E-state index contributed by atoms with van der Waals surface area (Å²) in [5.74, 6) is 1.93. The predicted molar refractivity (Wildman–Crippen MR) is 88.4 cm³/mol. The number of hydrogen-bond donors (Lipinski definition) is 0. The summed E-state index contributed by atoms with van der Waals surface area (Å²) in [6, 6.07) is 16.4. The molecule has 0 atom stereocenters. The van der Waals surface area contributed by atoms with Gasteiger partial charge >= 0.3 is 0 Å². The molecule has 0 radical (unpaired) electrons. The lowest BCUT2D eigenvalue weighted by Crippen LogP contribution is -2.28. The van der Waals surface area contributed by atoms with Gasteiger partial charge in [-0.25, -0.2) is 4.98 Å². The van der Waals surface area contributed by atoms with Crippen LogP contribution in [0.25, 0.3) is 11.0 Å². The predicted octanol–water partition coefficient (Wildman–Crippen LogP) is 3.46. The van der Waals surface area contributed by atoms with Crippen LogP contribution in [-0.2, 0) is 13.2 Å². The average Bonchev–Trinajstić information content (AvgIpc) is 2.93. The number of imidazole rings is 1. The van der Waals surface area contributed by atoms with Gasteiger partial charge in [0.1, 0.15) is 12.4 Å². The van der Waals surface area contributed by atoms with Crippen LogP contribution in [0.3, 0.4) is 0 Å². The molecular weight excluding hydrogens is 274 g/mol. The molecule has 1 aliphatic rings. The Kier molecular flexibility index (Phi) is 3.22. The lowest BCUT2D eigenvalue weighted by Gasteiger charge is -2.24. The Hall–Kier alpha value is -2.49. The first kappa shape index (κ1) is 13.2. The van der Waals surface area contributed by atoms with Crippen molar-refractivity contribution in [3.05, 3.63) is 54.1 Å². The van der Waals surface area contributed by atoms with Crippen molar-refractivity contribution in [1.82, 2.24) is 9.55 Å². The highest BCUT2D eigenvalue weighted by Gasteiger charge is 2.18. The van der Waals surface area contributed by atoms with Crippen molar-refractivity contribution in [2.75, 3.05) is 18.5 Å². The quantitative estimate of drug-likeness (QED) is 0.741.